The normalized spacial score (nSPS) is 13.2. The minimum absolute atomic E-state index is 0.436. The Morgan fingerprint density at radius 2 is 1.68 bits per heavy atom. The van der Waals surface area contributed by atoms with Gasteiger partial charge in [0, 0.05) is 17.7 Å². The molecule has 2 N–H and O–H groups in total. The van der Waals surface area contributed by atoms with Crippen LogP contribution in [-0.2, 0) is 9.53 Å². The van der Waals surface area contributed by atoms with Gasteiger partial charge in [-0.05, 0) is 62.9 Å². The molecule has 2 aromatic rings. The lowest BCUT2D eigenvalue weighted by atomic mass is 10.1. The molecule has 0 saturated carbocycles. The number of hydrazine groups is 1. The summed E-state index contributed by atoms with van der Waals surface area (Å²) in [6.45, 7) is 6.34. The Bertz CT molecular complexity index is 1030. The van der Waals surface area contributed by atoms with E-state index in [1.165, 1.54) is 5.01 Å². The molecule has 34 heavy (non-hydrogen) atoms. The van der Waals surface area contributed by atoms with Gasteiger partial charge >= 0.3 is 6.09 Å². The van der Waals surface area contributed by atoms with E-state index in [0.29, 0.717) is 25.3 Å². The molecule has 2 aromatic carbocycles. The lowest BCUT2D eigenvalue weighted by molar-refractivity contribution is -0.121. The van der Waals surface area contributed by atoms with Crippen molar-refractivity contribution < 1.29 is 24.3 Å². The van der Waals surface area contributed by atoms with E-state index in [1.54, 1.807) is 20.8 Å². The molecule has 0 radical (unpaired) electrons. The lowest BCUT2D eigenvalue weighted by Gasteiger charge is -2.23. The summed E-state index contributed by atoms with van der Waals surface area (Å²) in [5, 5.41) is 14.2. The Balaban J connectivity index is 1.34. The number of carbonyl (C=O) groups excluding carboxylic acids is 2. The highest BCUT2D eigenvalue weighted by Crippen LogP contribution is 2.38. The molecule has 0 saturated heterocycles. The molecule has 2 amide bonds. The van der Waals surface area contributed by atoms with Gasteiger partial charge in [-0.15, -0.1) is 0 Å². The predicted molar refractivity (Wildman–Crippen MR) is 130 cm³/mol. The van der Waals surface area contributed by atoms with Crippen LogP contribution in [0, 0.1) is 0 Å². The van der Waals surface area contributed by atoms with Gasteiger partial charge in [-0.25, -0.2) is 10.2 Å². The third-order valence-corrected chi connectivity index (χ3v) is 5.39. The molecule has 8 nitrogen and oxygen atoms in total. The second-order valence-corrected chi connectivity index (χ2v) is 9.23. The van der Waals surface area contributed by atoms with Crippen LogP contribution in [-0.4, -0.2) is 47.2 Å². The van der Waals surface area contributed by atoms with Gasteiger partial charge < -0.3 is 14.7 Å². The van der Waals surface area contributed by atoms with E-state index in [1.807, 2.05) is 42.5 Å². The fraction of sp³-hybridized carbons (Fsp3) is 0.423. The largest absolute Gasteiger partial charge is 0.494 e. The Kier molecular flexibility index (Phi) is 8.51. The smallest absolute Gasteiger partial charge is 0.426 e. The highest BCUT2D eigenvalue weighted by Gasteiger charge is 2.25. The molecule has 0 aliphatic heterocycles. The van der Waals surface area contributed by atoms with Crippen LogP contribution < -0.4 is 10.2 Å². The standard InChI is InChI=1S/C26H33N3O5/c1-26(2,3)34-25(31)27-29(18-30)15-9-5-4-6-10-16-33-19-13-14-21-20-11-7-8-12-22(20)24(28-32)23(21)17-19/h7-8,11-14,17-18,32H,4-6,9-10,15-16H2,1-3H3,(H,27,31)/b28-24-. The number of amides is 2. The lowest BCUT2D eigenvalue weighted by Crippen LogP contribution is -2.44. The molecule has 0 aromatic heterocycles. The van der Waals surface area contributed by atoms with Crippen molar-refractivity contribution in [3.05, 3.63) is 53.6 Å². The van der Waals surface area contributed by atoms with Crippen molar-refractivity contribution in [2.45, 2.75) is 58.5 Å². The number of hydrogen-bond donors (Lipinski definition) is 2. The van der Waals surface area contributed by atoms with Gasteiger partial charge in [-0.2, -0.15) is 0 Å². The molecular formula is C26H33N3O5. The van der Waals surface area contributed by atoms with Gasteiger partial charge in [0.1, 0.15) is 17.1 Å². The monoisotopic (exact) mass is 467 g/mol. The van der Waals surface area contributed by atoms with Crippen molar-refractivity contribution in [3.8, 4) is 16.9 Å². The van der Waals surface area contributed by atoms with Crippen LogP contribution in [0.2, 0.25) is 0 Å². The van der Waals surface area contributed by atoms with Crippen molar-refractivity contribution in [1.29, 1.82) is 0 Å². The van der Waals surface area contributed by atoms with Crippen LogP contribution in [0.15, 0.2) is 47.6 Å². The molecule has 0 heterocycles. The fourth-order valence-corrected chi connectivity index (χ4v) is 3.88. The molecule has 182 valence electrons. The number of nitrogens with zero attached hydrogens (tertiary/aromatic N) is 2. The third-order valence-electron chi connectivity index (χ3n) is 5.39. The Morgan fingerprint density at radius 3 is 2.38 bits per heavy atom. The van der Waals surface area contributed by atoms with E-state index < -0.39 is 11.7 Å². The van der Waals surface area contributed by atoms with Crippen LogP contribution in [0.25, 0.3) is 11.1 Å². The van der Waals surface area contributed by atoms with Crippen LogP contribution in [0.1, 0.15) is 64.0 Å². The summed E-state index contributed by atoms with van der Waals surface area (Å²) in [4.78, 5) is 22.9. The molecular weight excluding hydrogens is 434 g/mol. The quantitative estimate of drug-likeness (QED) is 0.176. The van der Waals surface area contributed by atoms with Crippen LogP contribution in [0.3, 0.4) is 0 Å². The molecule has 0 fully saturated rings. The van der Waals surface area contributed by atoms with E-state index in [9.17, 15) is 14.8 Å². The van der Waals surface area contributed by atoms with E-state index >= 15 is 0 Å². The average molecular weight is 468 g/mol. The Morgan fingerprint density at radius 1 is 1.00 bits per heavy atom. The first kappa shape index (κ1) is 25.1. The summed E-state index contributed by atoms with van der Waals surface area (Å²) in [6.07, 6.45) is 4.59. The number of oxime groups is 1. The highest BCUT2D eigenvalue weighted by molar-refractivity contribution is 6.24. The molecule has 0 unspecified atom stereocenters. The molecule has 0 spiro atoms. The zero-order valence-corrected chi connectivity index (χ0v) is 20.0. The summed E-state index contributed by atoms with van der Waals surface area (Å²) < 4.78 is 11.1. The van der Waals surface area contributed by atoms with Crippen LogP contribution >= 0.6 is 0 Å². The first-order valence-corrected chi connectivity index (χ1v) is 11.6. The fourth-order valence-electron chi connectivity index (χ4n) is 3.88. The van der Waals surface area contributed by atoms with Gasteiger partial charge in [-0.3, -0.25) is 9.80 Å². The zero-order valence-electron chi connectivity index (χ0n) is 20.0. The van der Waals surface area contributed by atoms with E-state index in [0.717, 1.165) is 60.1 Å². The van der Waals surface area contributed by atoms with E-state index in [-0.39, 0.29) is 0 Å². The van der Waals surface area contributed by atoms with Crippen LogP contribution in [0.4, 0.5) is 4.79 Å². The van der Waals surface area contributed by atoms with Crippen molar-refractivity contribution in [1.82, 2.24) is 10.4 Å². The first-order chi connectivity index (χ1) is 16.3. The maximum atomic E-state index is 11.7. The number of hydrogen-bond acceptors (Lipinski definition) is 6. The SMILES string of the molecule is CC(C)(C)OC(=O)NN(C=O)CCCCCCCOc1ccc2c(c1)/C(=N\O)c1ccccc1-2. The van der Waals surface area contributed by atoms with Crippen molar-refractivity contribution in [2.24, 2.45) is 5.16 Å². The second kappa shape index (κ2) is 11.5. The van der Waals surface area contributed by atoms with Crippen molar-refractivity contribution >= 4 is 18.2 Å². The van der Waals surface area contributed by atoms with E-state index in [4.69, 9.17) is 9.47 Å². The summed E-state index contributed by atoms with van der Waals surface area (Å²) in [7, 11) is 0. The molecule has 0 bridgehead atoms. The maximum Gasteiger partial charge on any atom is 0.426 e. The van der Waals surface area contributed by atoms with Gasteiger partial charge in [0.05, 0.1) is 6.61 Å². The molecule has 1 aliphatic rings. The highest BCUT2D eigenvalue weighted by atomic mass is 16.6. The first-order valence-electron chi connectivity index (χ1n) is 11.6. The summed E-state index contributed by atoms with van der Waals surface area (Å²) in [5.41, 5.74) is 6.31. The summed E-state index contributed by atoms with van der Waals surface area (Å²) in [5.74, 6) is 0.752. The summed E-state index contributed by atoms with van der Waals surface area (Å²) in [6, 6.07) is 13.8. The minimum Gasteiger partial charge on any atom is -0.494 e. The number of rotatable bonds is 11. The third kappa shape index (κ3) is 6.73. The molecule has 8 heteroatoms. The topological polar surface area (TPSA) is 100 Å². The number of benzene rings is 2. The molecule has 3 rings (SSSR count). The molecule has 0 atom stereocenters. The van der Waals surface area contributed by atoms with Gasteiger partial charge in [0.25, 0.3) is 0 Å². The number of fused-ring (bicyclic) bond motifs is 3. The van der Waals surface area contributed by atoms with Gasteiger partial charge in [0.2, 0.25) is 6.41 Å². The minimum atomic E-state index is -0.635. The number of unbranched alkanes of at least 4 members (excludes halogenated alkanes) is 4. The number of nitrogens with one attached hydrogen (secondary N) is 1. The van der Waals surface area contributed by atoms with Crippen LogP contribution in [0.5, 0.6) is 5.75 Å². The zero-order chi connectivity index (χ0) is 24.6. The Labute approximate surface area is 200 Å². The van der Waals surface area contributed by atoms with Crippen molar-refractivity contribution in [3.63, 3.8) is 0 Å². The average Bonchev–Trinajstić information content (AvgIpc) is 3.11. The summed E-state index contributed by atoms with van der Waals surface area (Å²) >= 11 is 0. The van der Waals surface area contributed by atoms with E-state index in [2.05, 4.69) is 10.6 Å². The maximum absolute atomic E-state index is 11.7. The van der Waals surface area contributed by atoms with Gasteiger partial charge in [-0.1, -0.05) is 48.7 Å². The second-order valence-electron chi connectivity index (χ2n) is 9.23. The number of ether oxygens (including phenoxy) is 2. The number of carbonyl (C=O) groups is 2. The Hall–Kier alpha value is -3.55. The van der Waals surface area contributed by atoms with Gasteiger partial charge in [0.15, 0.2) is 0 Å². The molecule has 1 aliphatic carbocycles. The predicted octanol–water partition coefficient (Wildman–Crippen LogP) is 5.12. The van der Waals surface area contributed by atoms with Crippen molar-refractivity contribution in [2.75, 3.05) is 13.2 Å².